The summed E-state index contributed by atoms with van der Waals surface area (Å²) in [6.07, 6.45) is 2.95. The maximum Gasteiger partial charge on any atom is 0.362 e. The number of nitrogens with zero attached hydrogens (tertiary/aromatic N) is 4. The fraction of sp³-hybridized carbons (Fsp3) is 0.316. The first-order valence-corrected chi connectivity index (χ1v) is 19.9. The second-order valence-electron chi connectivity index (χ2n) is 13.5. The fourth-order valence-electron chi connectivity index (χ4n) is 7.10. The summed E-state index contributed by atoms with van der Waals surface area (Å²) in [7, 11) is 0.579. The Morgan fingerprint density at radius 3 is 2.35 bits per heavy atom. The molecule has 298 valence electrons. The van der Waals surface area contributed by atoms with E-state index in [-0.39, 0.29) is 58.9 Å². The number of para-hydroxylation sites is 1. The number of aromatic nitrogens is 2. The summed E-state index contributed by atoms with van der Waals surface area (Å²) in [6.45, 7) is 1.53. The van der Waals surface area contributed by atoms with Crippen molar-refractivity contribution in [2.75, 3.05) is 50.0 Å². The second-order valence-corrected chi connectivity index (χ2v) is 16.1. The van der Waals surface area contributed by atoms with Gasteiger partial charge in [-0.3, -0.25) is 34.0 Å². The molecule has 19 heteroatoms. The van der Waals surface area contributed by atoms with E-state index in [0.717, 1.165) is 29.5 Å². The van der Waals surface area contributed by atoms with Crippen molar-refractivity contribution >= 4 is 77.0 Å². The smallest absolute Gasteiger partial charge is 0.362 e. The summed E-state index contributed by atoms with van der Waals surface area (Å²) in [5.74, 6) is -2.23. The quantitative estimate of drug-likeness (QED) is 0.104. The molecule has 4 heterocycles. The number of piperidine rings is 2. The molecule has 4 aromatic rings. The van der Waals surface area contributed by atoms with Crippen LogP contribution in [0.2, 0.25) is 5.02 Å². The average Bonchev–Trinajstić information content (AvgIpc) is 3.45. The fourth-order valence-corrected chi connectivity index (χ4v) is 8.47. The number of halogens is 2. The van der Waals surface area contributed by atoms with Gasteiger partial charge in [0.1, 0.15) is 22.6 Å². The summed E-state index contributed by atoms with van der Waals surface area (Å²) in [4.78, 5) is 62.1. The number of hydrogen-bond acceptors (Lipinski definition) is 14. The normalized spacial score (nSPS) is 17.5. The standard InChI is InChI=1S/C38H39ClFN8O8P/c1-54-31-17-23(8-9-28(31)44-38-42-20-26(39)34(46-38)43-29-6-4-5-7-32(29)57(53,55-2)56-3)47-14-12-22(13-15-47)41-19-21-16-24-25(18-27(21)40)37(52)48(36(24)51)30-10-11-33(49)45-35(30)50/h4-9,16-18,20,22,30,41H,10-15,19H2,1-3H3,(H,45,49,50)(H2,42,43,44,46). The van der Waals surface area contributed by atoms with E-state index in [9.17, 15) is 23.7 Å². The molecule has 0 spiro atoms. The average molecular weight is 821 g/mol. The van der Waals surface area contributed by atoms with Gasteiger partial charge in [-0.2, -0.15) is 4.98 Å². The molecule has 7 rings (SSSR count). The van der Waals surface area contributed by atoms with Crippen LogP contribution >= 0.6 is 19.2 Å². The lowest BCUT2D eigenvalue weighted by atomic mass is 10.0. The largest absolute Gasteiger partial charge is 0.494 e. The lowest BCUT2D eigenvalue weighted by Crippen LogP contribution is -2.54. The van der Waals surface area contributed by atoms with Gasteiger partial charge >= 0.3 is 7.60 Å². The van der Waals surface area contributed by atoms with E-state index >= 15 is 4.39 Å². The molecule has 1 aromatic heterocycles. The molecule has 16 nitrogen and oxygen atoms in total. The number of carbonyl (C=O) groups excluding carboxylic acids is 4. The Labute approximate surface area is 332 Å². The number of benzene rings is 3. The molecule has 0 saturated carbocycles. The highest BCUT2D eigenvalue weighted by Gasteiger charge is 2.45. The summed E-state index contributed by atoms with van der Waals surface area (Å²) in [6, 6.07) is 13.9. The van der Waals surface area contributed by atoms with Gasteiger partial charge in [0.25, 0.3) is 11.8 Å². The summed E-state index contributed by atoms with van der Waals surface area (Å²) in [5.41, 5.74) is 2.14. The van der Waals surface area contributed by atoms with Crippen LogP contribution in [-0.2, 0) is 29.7 Å². The van der Waals surface area contributed by atoms with Crippen LogP contribution < -0.4 is 36.2 Å². The van der Waals surface area contributed by atoms with Crippen molar-refractivity contribution in [3.63, 3.8) is 0 Å². The van der Waals surface area contributed by atoms with Crippen molar-refractivity contribution in [3.8, 4) is 5.75 Å². The molecule has 4 N–H and O–H groups in total. The molecule has 0 bridgehead atoms. The number of methoxy groups -OCH3 is 1. The van der Waals surface area contributed by atoms with Crippen molar-refractivity contribution in [3.05, 3.63) is 88.3 Å². The second kappa shape index (κ2) is 16.6. The van der Waals surface area contributed by atoms with Gasteiger partial charge in [-0.15, -0.1) is 0 Å². The third-order valence-electron chi connectivity index (χ3n) is 10.2. The minimum absolute atomic E-state index is 0.00215. The van der Waals surface area contributed by atoms with Crippen LogP contribution in [0.5, 0.6) is 5.75 Å². The molecule has 3 aliphatic rings. The van der Waals surface area contributed by atoms with Crippen molar-refractivity contribution in [1.29, 1.82) is 0 Å². The lowest BCUT2D eigenvalue weighted by Gasteiger charge is -2.34. The Kier molecular flexibility index (Phi) is 11.6. The number of ether oxygens (including phenoxy) is 1. The molecule has 1 unspecified atom stereocenters. The van der Waals surface area contributed by atoms with Crippen LogP contribution in [0.4, 0.5) is 33.2 Å². The summed E-state index contributed by atoms with van der Waals surface area (Å²) in [5, 5.41) is 12.4. The Balaban J connectivity index is 0.966. The van der Waals surface area contributed by atoms with Crippen LogP contribution in [0.3, 0.4) is 0 Å². The predicted octanol–water partition coefficient (Wildman–Crippen LogP) is 5.04. The van der Waals surface area contributed by atoms with E-state index in [1.54, 1.807) is 31.4 Å². The molecule has 57 heavy (non-hydrogen) atoms. The zero-order valence-corrected chi connectivity index (χ0v) is 32.8. The third kappa shape index (κ3) is 8.06. The van der Waals surface area contributed by atoms with Gasteiger partial charge in [-0.25, -0.2) is 9.37 Å². The Hall–Kier alpha value is -5.45. The van der Waals surface area contributed by atoms with Crippen molar-refractivity contribution in [2.45, 2.75) is 44.3 Å². The molecule has 0 aliphatic carbocycles. The Morgan fingerprint density at radius 1 is 0.930 bits per heavy atom. The van der Waals surface area contributed by atoms with Gasteiger partial charge in [-0.1, -0.05) is 23.7 Å². The SMILES string of the molecule is COc1cc(N2CCC(NCc3cc4c(cc3F)C(=O)N(C3CCC(=O)NC3=O)C4=O)CC2)ccc1Nc1ncc(Cl)c(Nc2ccccc2P(=O)(OC)OC)n1. The van der Waals surface area contributed by atoms with Crippen LogP contribution in [-0.4, -0.2) is 85.0 Å². The zero-order valence-electron chi connectivity index (χ0n) is 31.1. The molecule has 2 fully saturated rings. The molecule has 0 radical (unpaired) electrons. The van der Waals surface area contributed by atoms with E-state index in [1.807, 2.05) is 18.2 Å². The predicted molar refractivity (Wildman–Crippen MR) is 209 cm³/mol. The number of nitrogens with one attached hydrogen (secondary N) is 4. The highest BCUT2D eigenvalue weighted by atomic mass is 35.5. The van der Waals surface area contributed by atoms with Crippen LogP contribution in [0.15, 0.2) is 60.8 Å². The number of fused-ring (bicyclic) bond motifs is 1. The third-order valence-corrected chi connectivity index (χ3v) is 12.4. The molecule has 1 atom stereocenters. The highest BCUT2D eigenvalue weighted by molar-refractivity contribution is 7.62. The molecule has 4 amide bonds. The maximum atomic E-state index is 15.2. The van der Waals surface area contributed by atoms with E-state index < -0.39 is 43.1 Å². The number of rotatable bonds is 13. The van der Waals surface area contributed by atoms with Crippen LogP contribution in [0.25, 0.3) is 0 Å². The zero-order chi connectivity index (χ0) is 40.4. The van der Waals surface area contributed by atoms with E-state index in [0.29, 0.717) is 35.5 Å². The number of anilines is 5. The van der Waals surface area contributed by atoms with Crippen LogP contribution in [0.1, 0.15) is 52.0 Å². The molecule has 3 aliphatic heterocycles. The monoisotopic (exact) mass is 820 g/mol. The van der Waals surface area contributed by atoms with Crippen LogP contribution in [0, 0.1) is 5.82 Å². The van der Waals surface area contributed by atoms with Gasteiger partial charge in [0, 0.05) is 63.6 Å². The van der Waals surface area contributed by atoms with Gasteiger partial charge in [0.05, 0.1) is 41.1 Å². The Morgan fingerprint density at radius 2 is 1.65 bits per heavy atom. The maximum absolute atomic E-state index is 15.2. The molecule has 2 saturated heterocycles. The van der Waals surface area contributed by atoms with E-state index in [4.69, 9.17) is 25.4 Å². The lowest BCUT2D eigenvalue weighted by molar-refractivity contribution is -0.136. The summed E-state index contributed by atoms with van der Waals surface area (Å²) >= 11 is 6.44. The number of carbonyl (C=O) groups is 4. The van der Waals surface area contributed by atoms with Gasteiger partial charge in [0.15, 0.2) is 5.82 Å². The topological polar surface area (TPSA) is 193 Å². The minimum Gasteiger partial charge on any atom is -0.494 e. The Bertz CT molecular complexity index is 2300. The number of hydrogen-bond donors (Lipinski definition) is 4. The van der Waals surface area contributed by atoms with Crippen molar-refractivity contribution in [1.82, 2.24) is 25.5 Å². The summed E-state index contributed by atoms with van der Waals surface area (Å²) < 4.78 is 44.5. The van der Waals surface area contributed by atoms with E-state index in [2.05, 4.69) is 36.1 Å². The number of imide groups is 2. The van der Waals surface area contributed by atoms with E-state index in [1.165, 1.54) is 26.5 Å². The first-order valence-electron chi connectivity index (χ1n) is 18.0. The molecule has 3 aromatic carbocycles. The minimum atomic E-state index is -3.59. The molecular weight excluding hydrogens is 782 g/mol. The molecular formula is C38H39ClFN8O8P. The van der Waals surface area contributed by atoms with Crippen molar-refractivity contribution < 1.29 is 41.9 Å². The van der Waals surface area contributed by atoms with Gasteiger partial charge in [-0.05, 0) is 55.7 Å². The van der Waals surface area contributed by atoms with Gasteiger partial charge < -0.3 is 34.6 Å². The highest BCUT2D eigenvalue weighted by Crippen LogP contribution is 2.47. The number of amides is 4. The van der Waals surface area contributed by atoms with Crippen molar-refractivity contribution in [2.24, 2.45) is 0 Å². The first-order chi connectivity index (χ1) is 27.4. The van der Waals surface area contributed by atoms with Gasteiger partial charge in [0.2, 0.25) is 17.8 Å². The first kappa shape index (κ1) is 39.8.